The third-order valence-electron chi connectivity index (χ3n) is 5.85. The highest BCUT2D eigenvalue weighted by Crippen LogP contribution is 2.27. The number of nitrogens with zero attached hydrogens (tertiary/aromatic N) is 2. The van der Waals surface area contributed by atoms with E-state index in [-0.39, 0.29) is 6.10 Å². The second-order valence-corrected chi connectivity index (χ2v) is 7.80. The molecule has 5 nitrogen and oxygen atoms in total. The number of hydrogen-bond donors (Lipinski definition) is 2. The van der Waals surface area contributed by atoms with Gasteiger partial charge in [-0.1, -0.05) is 18.8 Å². The van der Waals surface area contributed by atoms with E-state index < -0.39 is 0 Å². The zero-order valence-corrected chi connectivity index (χ0v) is 15.8. The van der Waals surface area contributed by atoms with Gasteiger partial charge in [-0.25, -0.2) is 9.97 Å². The highest BCUT2D eigenvalue weighted by molar-refractivity contribution is 5.39. The van der Waals surface area contributed by atoms with Gasteiger partial charge >= 0.3 is 0 Å². The van der Waals surface area contributed by atoms with Crippen LogP contribution in [-0.4, -0.2) is 40.4 Å². The quantitative estimate of drug-likeness (QED) is 0.625. The zero-order chi connectivity index (χ0) is 18.4. The number of ether oxygens (including phenoxy) is 1. The van der Waals surface area contributed by atoms with Gasteiger partial charge in [0.1, 0.15) is 0 Å². The van der Waals surface area contributed by atoms with Crippen molar-refractivity contribution >= 4 is 5.95 Å². The number of aliphatic hydroxyl groups excluding tert-OH is 1. The summed E-state index contributed by atoms with van der Waals surface area (Å²) in [6.07, 6.45) is 17.9. The molecule has 0 radical (unpaired) electrons. The van der Waals surface area contributed by atoms with Gasteiger partial charge in [-0.2, -0.15) is 0 Å². The summed E-state index contributed by atoms with van der Waals surface area (Å²) in [6.45, 7) is 0. The monoisotopic (exact) mass is 357 g/mol. The molecule has 0 unspecified atom stereocenters. The molecule has 2 N–H and O–H groups in total. The maximum atomic E-state index is 10.1. The lowest BCUT2D eigenvalue weighted by atomic mass is 9.92. The van der Waals surface area contributed by atoms with Crippen LogP contribution in [0.1, 0.15) is 69.0 Å². The molecule has 0 saturated heterocycles. The molecule has 0 bridgehead atoms. The molecule has 2 atom stereocenters. The van der Waals surface area contributed by atoms with Crippen molar-refractivity contribution in [2.24, 2.45) is 5.92 Å². The van der Waals surface area contributed by atoms with Crippen LogP contribution in [-0.2, 0) is 11.2 Å². The second-order valence-electron chi connectivity index (χ2n) is 7.80. The van der Waals surface area contributed by atoms with Crippen molar-refractivity contribution in [3.63, 3.8) is 0 Å². The molecule has 142 valence electrons. The largest absolute Gasteiger partial charge is 0.393 e. The van der Waals surface area contributed by atoms with E-state index in [9.17, 15) is 5.11 Å². The Morgan fingerprint density at radius 2 is 2.00 bits per heavy atom. The Morgan fingerprint density at radius 3 is 2.73 bits per heavy atom. The normalized spacial score (nSPS) is 29.6. The van der Waals surface area contributed by atoms with Crippen molar-refractivity contribution in [1.82, 2.24) is 9.97 Å². The van der Waals surface area contributed by atoms with Crippen LogP contribution in [0.5, 0.6) is 0 Å². The third kappa shape index (κ3) is 5.18. The standard InChI is InChI=1S/C21H31N3O2/c1-3-16-14-22-21(23-17-8-10-19(26-2)11-9-17)24-20(16)13-15-6-4-5-7-18(25)12-15/h1,14-15,17-19,25H,4-13H2,2H3,(H,22,23,24)/t15-,17?,18-,19?/m1/s1. The summed E-state index contributed by atoms with van der Waals surface area (Å²) in [5.74, 6) is 3.84. The second kappa shape index (κ2) is 9.34. The first-order chi connectivity index (χ1) is 12.7. The Bertz CT molecular complexity index is 620. The average molecular weight is 357 g/mol. The number of terminal acetylenes is 1. The van der Waals surface area contributed by atoms with Gasteiger partial charge in [0, 0.05) is 19.3 Å². The lowest BCUT2D eigenvalue weighted by molar-refractivity contribution is 0.0681. The number of rotatable bonds is 5. The van der Waals surface area contributed by atoms with Gasteiger partial charge in [0.15, 0.2) is 0 Å². The number of hydrogen-bond acceptors (Lipinski definition) is 5. The van der Waals surface area contributed by atoms with Gasteiger partial charge in [-0.05, 0) is 57.3 Å². The maximum absolute atomic E-state index is 10.1. The summed E-state index contributed by atoms with van der Waals surface area (Å²) in [7, 11) is 1.79. The SMILES string of the molecule is C#Cc1cnc(NC2CCC(OC)CC2)nc1C[C@@H]1CCCC[C@@H](O)C1. The highest BCUT2D eigenvalue weighted by atomic mass is 16.5. The van der Waals surface area contributed by atoms with Crippen molar-refractivity contribution in [1.29, 1.82) is 0 Å². The van der Waals surface area contributed by atoms with Gasteiger partial charge in [0.25, 0.3) is 0 Å². The fourth-order valence-corrected chi connectivity index (χ4v) is 4.28. The van der Waals surface area contributed by atoms with E-state index in [0.29, 0.717) is 24.0 Å². The number of aromatic nitrogens is 2. The van der Waals surface area contributed by atoms with Crippen molar-refractivity contribution in [2.45, 2.75) is 82.5 Å². The molecular weight excluding hydrogens is 326 g/mol. The zero-order valence-electron chi connectivity index (χ0n) is 15.8. The van der Waals surface area contributed by atoms with Crippen molar-refractivity contribution in [2.75, 3.05) is 12.4 Å². The number of aliphatic hydroxyl groups is 1. The maximum Gasteiger partial charge on any atom is 0.223 e. The third-order valence-corrected chi connectivity index (χ3v) is 5.85. The van der Waals surface area contributed by atoms with Gasteiger partial charge in [0.2, 0.25) is 5.95 Å². The first kappa shape index (κ1) is 19.1. The molecule has 1 aromatic rings. The molecule has 26 heavy (non-hydrogen) atoms. The summed E-state index contributed by atoms with van der Waals surface area (Å²) >= 11 is 0. The van der Waals surface area contributed by atoms with Crippen LogP contribution in [0.4, 0.5) is 5.95 Å². The summed E-state index contributed by atoms with van der Waals surface area (Å²) in [5, 5.41) is 13.6. The predicted octanol–water partition coefficient (Wildman–Crippen LogP) is 3.31. The average Bonchev–Trinajstić information content (AvgIpc) is 2.86. The molecule has 5 heteroatoms. The summed E-state index contributed by atoms with van der Waals surface area (Å²) in [6, 6.07) is 0.394. The Hall–Kier alpha value is -1.64. The van der Waals surface area contributed by atoms with Crippen LogP contribution in [0, 0.1) is 18.3 Å². The van der Waals surface area contributed by atoms with Crippen molar-refractivity contribution in [3.05, 3.63) is 17.5 Å². The molecule has 3 rings (SSSR count). The molecule has 2 aliphatic rings. The van der Waals surface area contributed by atoms with Crippen molar-refractivity contribution < 1.29 is 9.84 Å². The van der Waals surface area contributed by atoms with Crippen LogP contribution in [0.25, 0.3) is 0 Å². The molecule has 0 aromatic carbocycles. The van der Waals surface area contributed by atoms with E-state index in [0.717, 1.165) is 69.0 Å². The minimum atomic E-state index is -0.188. The van der Waals surface area contributed by atoms with E-state index in [2.05, 4.69) is 16.2 Å². The molecular formula is C21H31N3O2. The number of nitrogens with one attached hydrogen (secondary N) is 1. The Balaban J connectivity index is 1.65. The Kier molecular flexibility index (Phi) is 6.87. The molecule has 0 spiro atoms. The van der Waals surface area contributed by atoms with Crippen LogP contribution >= 0.6 is 0 Å². The number of anilines is 1. The lowest BCUT2D eigenvalue weighted by Gasteiger charge is -2.28. The summed E-state index contributed by atoms with van der Waals surface area (Å²) < 4.78 is 5.44. The summed E-state index contributed by atoms with van der Waals surface area (Å²) in [4.78, 5) is 9.17. The van der Waals surface area contributed by atoms with Gasteiger partial charge in [-0.3, -0.25) is 0 Å². The molecule has 2 fully saturated rings. The Labute approximate surface area is 157 Å². The van der Waals surface area contributed by atoms with Crippen LogP contribution in [0.2, 0.25) is 0 Å². The fourth-order valence-electron chi connectivity index (χ4n) is 4.28. The first-order valence-corrected chi connectivity index (χ1v) is 9.97. The molecule has 1 aromatic heterocycles. The van der Waals surface area contributed by atoms with Crippen LogP contribution < -0.4 is 5.32 Å². The van der Waals surface area contributed by atoms with Crippen LogP contribution in [0.15, 0.2) is 6.20 Å². The van der Waals surface area contributed by atoms with Gasteiger partial charge in [0.05, 0.1) is 23.5 Å². The predicted molar refractivity (Wildman–Crippen MR) is 103 cm³/mol. The van der Waals surface area contributed by atoms with Crippen LogP contribution in [0.3, 0.4) is 0 Å². The lowest BCUT2D eigenvalue weighted by Crippen LogP contribution is -2.30. The molecule has 0 amide bonds. The smallest absolute Gasteiger partial charge is 0.223 e. The molecule has 1 heterocycles. The topological polar surface area (TPSA) is 67.3 Å². The minimum Gasteiger partial charge on any atom is -0.393 e. The van der Waals surface area contributed by atoms with E-state index in [1.807, 2.05) is 0 Å². The van der Waals surface area contributed by atoms with Gasteiger partial charge < -0.3 is 15.2 Å². The van der Waals surface area contributed by atoms with E-state index in [4.69, 9.17) is 16.1 Å². The molecule has 0 aliphatic heterocycles. The van der Waals surface area contributed by atoms with Crippen molar-refractivity contribution in [3.8, 4) is 12.3 Å². The van der Waals surface area contributed by atoms with E-state index in [1.54, 1.807) is 13.3 Å². The Morgan fingerprint density at radius 1 is 1.23 bits per heavy atom. The minimum absolute atomic E-state index is 0.188. The van der Waals surface area contributed by atoms with Gasteiger partial charge in [-0.15, -0.1) is 6.42 Å². The molecule has 2 aliphatic carbocycles. The fraction of sp³-hybridized carbons (Fsp3) is 0.714. The molecule has 2 saturated carbocycles. The number of methoxy groups -OCH3 is 1. The van der Waals surface area contributed by atoms with E-state index >= 15 is 0 Å². The first-order valence-electron chi connectivity index (χ1n) is 9.97. The van der Waals surface area contributed by atoms with E-state index in [1.165, 1.54) is 6.42 Å². The summed E-state index contributed by atoms with van der Waals surface area (Å²) in [5.41, 5.74) is 1.71. The highest BCUT2D eigenvalue weighted by Gasteiger charge is 2.23.